The van der Waals surface area contributed by atoms with E-state index in [0.29, 0.717) is 6.04 Å². The number of H-pyrrole nitrogens is 1. The van der Waals surface area contributed by atoms with Crippen LogP contribution in [0.3, 0.4) is 0 Å². The smallest absolute Gasteiger partial charge is 0.0457 e. The molecule has 0 amide bonds. The second-order valence-electron chi connectivity index (χ2n) is 4.50. The molecule has 2 rings (SSSR count). The van der Waals surface area contributed by atoms with Crippen molar-refractivity contribution in [1.29, 1.82) is 0 Å². The molecule has 1 aromatic carbocycles. The van der Waals surface area contributed by atoms with Crippen molar-refractivity contribution in [3.05, 3.63) is 36.0 Å². The van der Waals surface area contributed by atoms with Gasteiger partial charge in [-0.15, -0.1) is 0 Å². The van der Waals surface area contributed by atoms with Gasteiger partial charge in [-0.2, -0.15) is 0 Å². The highest BCUT2D eigenvalue weighted by Crippen LogP contribution is 2.17. The van der Waals surface area contributed by atoms with Crippen LogP contribution in [-0.2, 0) is 6.54 Å². The molecule has 0 aliphatic heterocycles. The van der Waals surface area contributed by atoms with Gasteiger partial charge < -0.3 is 15.4 Å². The van der Waals surface area contributed by atoms with Crippen LogP contribution in [0, 0.1) is 0 Å². The summed E-state index contributed by atoms with van der Waals surface area (Å²) in [6, 6.07) is 8.88. The largest absolute Gasteiger partial charge is 0.396 e. The lowest BCUT2D eigenvalue weighted by molar-refractivity contribution is 0.276. The molecule has 1 atom stereocenters. The van der Waals surface area contributed by atoms with Crippen molar-refractivity contribution in [3.63, 3.8) is 0 Å². The van der Waals surface area contributed by atoms with Gasteiger partial charge in [0, 0.05) is 36.3 Å². The Labute approximate surface area is 102 Å². The van der Waals surface area contributed by atoms with Gasteiger partial charge in [0.1, 0.15) is 0 Å². The lowest BCUT2D eigenvalue weighted by Crippen LogP contribution is -2.25. The zero-order chi connectivity index (χ0) is 12.1. The number of rotatable bonds is 6. The highest BCUT2D eigenvalue weighted by atomic mass is 16.2. The van der Waals surface area contributed by atoms with Gasteiger partial charge in [-0.25, -0.2) is 0 Å². The minimum Gasteiger partial charge on any atom is -0.396 e. The Hall–Kier alpha value is -1.32. The van der Waals surface area contributed by atoms with Crippen LogP contribution in [0.15, 0.2) is 30.5 Å². The lowest BCUT2D eigenvalue weighted by atomic mass is 10.1. The van der Waals surface area contributed by atoms with E-state index in [1.807, 2.05) is 6.20 Å². The molecule has 1 heterocycles. The number of aromatic amines is 1. The molecule has 3 heteroatoms. The fourth-order valence-corrected chi connectivity index (χ4v) is 2.09. The van der Waals surface area contributed by atoms with E-state index in [1.165, 1.54) is 16.5 Å². The van der Waals surface area contributed by atoms with E-state index in [1.54, 1.807) is 0 Å². The molecule has 0 saturated carbocycles. The van der Waals surface area contributed by atoms with E-state index in [0.717, 1.165) is 19.4 Å². The first kappa shape index (κ1) is 12.1. The Morgan fingerprint density at radius 1 is 1.35 bits per heavy atom. The van der Waals surface area contributed by atoms with Gasteiger partial charge in [-0.3, -0.25) is 0 Å². The van der Waals surface area contributed by atoms with Crippen LogP contribution in [0.4, 0.5) is 0 Å². The van der Waals surface area contributed by atoms with Crippen molar-refractivity contribution in [2.75, 3.05) is 6.61 Å². The topological polar surface area (TPSA) is 48.0 Å². The van der Waals surface area contributed by atoms with Crippen LogP contribution in [-0.4, -0.2) is 22.7 Å². The molecule has 0 bridgehead atoms. The van der Waals surface area contributed by atoms with Crippen LogP contribution in [0.2, 0.25) is 0 Å². The molecule has 3 N–H and O–H groups in total. The average Bonchev–Trinajstić information content (AvgIpc) is 2.82. The third-order valence-corrected chi connectivity index (χ3v) is 3.12. The fraction of sp³-hybridized carbons (Fsp3) is 0.429. The second-order valence-corrected chi connectivity index (χ2v) is 4.50. The Bertz CT molecular complexity index is 464. The molecule has 0 spiro atoms. The molecule has 1 unspecified atom stereocenters. The van der Waals surface area contributed by atoms with Crippen LogP contribution < -0.4 is 5.32 Å². The Balaban J connectivity index is 1.96. The normalized spacial score (nSPS) is 13.1. The van der Waals surface area contributed by atoms with Gasteiger partial charge in [0.15, 0.2) is 0 Å². The van der Waals surface area contributed by atoms with Crippen LogP contribution in [0.5, 0.6) is 0 Å². The van der Waals surface area contributed by atoms with E-state index in [2.05, 4.69) is 41.5 Å². The summed E-state index contributed by atoms with van der Waals surface area (Å²) in [5, 5.41) is 13.6. The monoisotopic (exact) mass is 232 g/mol. The molecule has 3 nitrogen and oxygen atoms in total. The molecule has 0 radical (unpaired) electrons. The number of hydrogen-bond donors (Lipinski definition) is 3. The van der Waals surface area contributed by atoms with Crippen molar-refractivity contribution in [3.8, 4) is 0 Å². The van der Waals surface area contributed by atoms with E-state index >= 15 is 0 Å². The quantitative estimate of drug-likeness (QED) is 0.716. The maximum Gasteiger partial charge on any atom is 0.0457 e. The predicted molar refractivity (Wildman–Crippen MR) is 70.9 cm³/mol. The number of aromatic nitrogens is 1. The number of nitrogens with one attached hydrogen (secondary N) is 2. The van der Waals surface area contributed by atoms with Crippen LogP contribution in [0.25, 0.3) is 10.9 Å². The number of fused-ring (bicyclic) bond motifs is 1. The molecule has 0 saturated heterocycles. The van der Waals surface area contributed by atoms with E-state index in [9.17, 15) is 0 Å². The molecule has 92 valence electrons. The summed E-state index contributed by atoms with van der Waals surface area (Å²) < 4.78 is 0. The van der Waals surface area contributed by atoms with Crippen molar-refractivity contribution in [1.82, 2.24) is 10.3 Å². The number of hydrogen-bond acceptors (Lipinski definition) is 2. The highest BCUT2D eigenvalue weighted by molar-refractivity contribution is 5.82. The summed E-state index contributed by atoms with van der Waals surface area (Å²) in [4.78, 5) is 3.22. The number of benzene rings is 1. The predicted octanol–water partition coefficient (Wildman–Crippen LogP) is 2.42. The van der Waals surface area contributed by atoms with Crippen molar-refractivity contribution in [2.24, 2.45) is 0 Å². The van der Waals surface area contributed by atoms with Crippen molar-refractivity contribution in [2.45, 2.75) is 32.4 Å². The molecule has 0 fully saturated rings. The van der Waals surface area contributed by atoms with E-state index < -0.39 is 0 Å². The Kier molecular flexibility index (Phi) is 4.18. The summed E-state index contributed by atoms with van der Waals surface area (Å²) in [5.74, 6) is 0. The third kappa shape index (κ3) is 3.08. The first-order chi connectivity index (χ1) is 8.31. The summed E-state index contributed by atoms with van der Waals surface area (Å²) in [6.45, 7) is 3.31. The summed E-state index contributed by atoms with van der Waals surface area (Å²) >= 11 is 0. The summed E-state index contributed by atoms with van der Waals surface area (Å²) in [6.07, 6.45) is 3.85. The average molecular weight is 232 g/mol. The first-order valence-electron chi connectivity index (χ1n) is 6.20. The van der Waals surface area contributed by atoms with Gasteiger partial charge in [0.25, 0.3) is 0 Å². The van der Waals surface area contributed by atoms with Crippen LogP contribution in [0.1, 0.15) is 25.3 Å². The van der Waals surface area contributed by atoms with E-state index in [-0.39, 0.29) is 6.61 Å². The zero-order valence-corrected chi connectivity index (χ0v) is 10.2. The maximum absolute atomic E-state index is 8.78. The van der Waals surface area contributed by atoms with Gasteiger partial charge in [0.05, 0.1) is 0 Å². The fourth-order valence-electron chi connectivity index (χ4n) is 2.09. The molecule has 0 aliphatic carbocycles. The second kappa shape index (κ2) is 5.84. The lowest BCUT2D eigenvalue weighted by Gasteiger charge is -2.13. The van der Waals surface area contributed by atoms with Gasteiger partial charge in [-0.05, 0) is 37.5 Å². The van der Waals surface area contributed by atoms with Crippen LogP contribution >= 0.6 is 0 Å². The molecule has 17 heavy (non-hydrogen) atoms. The number of aliphatic hydroxyl groups excluding tert-OH is 1. The van der Waals surface area contributed by atoms with Gasteiger partial charge in [-0.1, -0.05) is 12.1 Å². The van der Waals surface area contributed by atoms with Gasteiger partial charge in [0.2, 0.25) is 0 Å². The molecular weight excluding hydrogens is 212 g/mol. The standard InChI is InChI=1S/C14H20N2O/c1-11(4-3-9-17)16-10-12-5-2-6-14-13(12)7-8-15-14/h2,5-8,11,15-17H,3-4,9-10H2,1H3. The third-order valence-electron chi connectivity index (χ3n) is 3.12. The van der Waals surface area contributed by atoms with Gasteiger partial charge >= 0.3 is 0 Å². The minimum atomic E-state index is 0.277. The Morgan fingerprint density at radius 2 is 2.24 bits per heavy atom. The molecule has 0 aliphatic rings. The van der Waals surface area contributed by atoms with Crippen molar-refractivity contribution >= 4 is 10.9 Å². The molecule has 2 aromatic rings. The molecular formula is C14H20N2O. The minimum absolute atomic E-state index is 0.277. The highest BCUT2D eigenvalue weighted by Gasteiger charge is 2.04. The maximum atomic E-state index is 8.78. The summed E-state index contributed by atoms with van der Waals surface area (Å²) in [7, 11) is 0. The first-order valence-corrected chi connectivity index (χ1v) is 6.20. The SMILES string of the molecule is CC(CCCO)NCc1cccc2[nH]ccc12. The van der Waals surface area contributed by atoms with Crippen molar-refractivity contribution < 1.29 is 5.11 Å². The van der Waals surface area contributed by atoms with E-state index in [4.69, 9.17) is 5.11 Å². The zero-order valence-electron chi connectivity index (χ0n) is 10.2. The summed E-state index contributed by atoms with van der Waals surface area (Å²) in [5.41, 5.74) is 2.51. The Morgan fingerprint density at radius 3 is 3.06 bits per heavy atom. The molecule has 1 aromatic heterocycles. The number of aliphatic hydroxyl groups is 1.